The van der Waals surface area contributed by atoms with Crippen molar-refractivity contribution in [2.45, 2.75) is 31.7 Å². The van der Waals surface area contributed by atoms with E-state index in [0.717, 1.165) is 31.5 Å². The molecule has 2 aliphatic rings. The minimum absolute atomic E-state index is 0. The molecule has 0 unspecified atom stereocenters. The molecule has 4 heterocycles. The quantitative estimate of drug-likeness (QED) is 0.807. The Morgan fingerprint density at radius 3 is 2.86 bits per heavy atom. The average molecular weight is 428 g/mol. The number of likely N-dealkylation sites (tertiary alicyclic amines) is 2. The summed E-state index contributed by atoms with van der Waals surface area (Å²) >= 11 is 0. The van der Waals surface area contributed by atoms with Crippen molar-refractivity contribution in [1.82, 2.24) is 19.2 Å². The zero-order valence-corrected chi connectivity index (χ0v) is 17.3. The van der Waals surface area contributed by atoms with Crippen molar-refractivity contribution in [1.29, 1.82) is 0 Å². The molecular formula is C19H27Cl2N5O2. The van der Waals surface area contributed by atoms with Gasteiger partial charge in [0.25, 0.3) is 5.91 Å². The highest BCUT2D eigenvalue weighted by Gasteiger charge is 2.40. The normalized spacial score (nSPS) is 21.7. The number of amides is 2. The summed E-state index contributed by atoms with van der Waals surface area (Å²) in [5, 5.41) is 0. The maximum atomic E-state index is 13.0. The maximum Gasteiger partial charge on any atom is 0.272 e. The zero-order chi connectivity index (χ0) is 18.1. The second-order valence-corrected chi connectivity index (χ2v) is 7.21. The SMILES string of the molecule is Cl.Cl.NCCCN1C(=O)CC[C@H]2CN(C(=O)c3cnc4ccccn34)CC[C@H]21. The number of nitrogens with two attached hydrogens (primary N) is 1. The number of pyridine rings is 1. The number of aromatic nitrogens is 2. The van der Waals surface area contributed by atoms with Gasteiger partial charge in [-0.25, -0.2) is 4.98 Å². The molecule has 0 aromatic carbocycles. The van der Waals surface area contributed by atoms with E-state index < -0.39 is 0 Å². The van der Waals surface area contributed by atoms with Crippen molar-refractivity contribution in [3.63, 3.8) is 0 Å². The number of carbonyl (C=O) groups is 2. The van der Waals surface area contributed by atoms with Crippen molar-refractivity contribution >= 4 is 42.3 Å². The highest BCUT2D eigenvalue weighted by atomic mass is 35.5. The van der Waals surface area contributed by atoms with Crippen LogP contribution in [-0.2, 0) is 4.79 Å². The van der Waals surface area contributed by atoms with Crippen molar-refractivity contribution in [2.24, 2.45) is 11.7 Å². The zero-order valence-electron chi connectivity index (χ0n) is 15.7. The van der Waals surface area contributed by atoms with Crippen LogP contribution in [0.1, 0.15) is 36.2 Å². The maximum absolute atomic E-state index is 13.0. The van der Waals surface area contributed by atoms with Crippen LogP contribution in [0.5, 0.6) is 0 Å². The summed E-state index contributed by atoms with van der Waals surface area (Å²) in [5.74, 6) is 0.608. The lowest BCUT2D eigenvalue weighted by atomic mass is 9.83. The number of imidazole rings is 1. The van der Waals surface area contributed by atoms with Gasteiger partial charge in [0.1, 0.15) is 11.3 Å². The van der Waals surface area contributed by atoms with Crippen LogP contribution in [0.3, 0.4) is 0 Å². The van der Waals surface area contributed by atoms with Crippen LogP contribution in [0.4, 0.5) is 0 Å². The first-order valence-electron chi connectivity index (χ1n) is 9.40. The fourth-order valence-electron chi connectivity index (χ4n) is 4.34. The lowest BCUT2D eigenvalue weighted by molar-refractivity contribution is -0.140. The number of fused-ring (bicyclic) bond motifs is 2. The lowest BCUT2D eigenvalue weighted by Crippen LogP contribution is -2.57. The number of piperidine rings is 2. The predicted molar refractivity (Wildman–Crippen MR) is 112 cm³/mol. The summed E-state index contributed by atoms with van der Waals surface area (Å²) in [4.78, 5) is 33.6. The van der Waals surface area contributed by atoms with Gasteiger partial charge in [-0.3, -0.25) is 14.0 Å². The highest BCUT2D eigenvalue weighted by molar-refractivity contribution is 5.93. The third-order valence-electron chi connectivity index (χ3n) is 5.67. The molecule has 0 radical (unpaired) electrons. The van der Waals surface area contributed by atoms with Crippen molar-refractivity contribution < 1.29 is 9.59 Å². The number of rotatable bonds is 4. The first-order chi connectivity index (χ1) is 12.7. The molecule has 2 saturated heterocycles. The van der Waals surface area contributed by atoms with Gasteiger partial charge in [0.05, 0.1) is 6.20 Å². The summed E-state index contributed by atoms with van der Waals surface area (Å²) in [6.07, 6.45) is 6.63. The molecule has 2 N–H and O–H groups in total. The second-order valence-electron chi connectivity index (χ2n) is 7.21. The van der Waals surface area contributed by atoms with Gasteiger partial charge in [-0.05, 0) is 43.9 Å². The molecule has 154 valence electrons. The summed E-state index contributed by atoms with van der Waals surface area (Å²) in [5.41, 5.74) is 7.00. The molecule has 4 rings (SSSR count). The summed E-state index contributed by atoms with van der Waals surface area (Å²) in [7, 11) is 0. The first-order valence-corrected chi connectivity index (χ1v) is 9.40. The van der Waals surface area contributed by atoms with E-state index in [4.69, 9.17) is 5.73 Å². The Balaban J connectivity index is 0.00000140. The van der Waals surface area contributed by atoms with Crippen LogP contribution in [0.25, 0.3) is 5.65 Å². The molecule has 2 fully saturated rings. The Morgan fingerprint density at radius 1 is 1.25 bits per heavy atom. The topological polar surface area (TPSA) is 83.9 Å². The van der Waals surface area contributed by atoms with Crippen molar-refractivity contribution in [3.8, 4) is 0 Å². The van der Waals surface area contributed by atoms with Crippen LogP contribution >= 0.6 is 24.8 Å². The van der Waals surface area contributed by atoms with Gasteiger partial charge in [-0.1, -0.05) is 6.07 Å². The van der Waals surface area contributed by atoms with Crippen molar-refractivity contribution in [2.75, 3.05) is 26.2 Å². The van der Waals surface area contributed by atoms with E-state index in [1.165, 1.54) is 0 Å². The van der Waals surface area contributed by atoms with Crippen molar-refractivity contribution in [3.05, 3.63) is 36.3 Å². The molecule has 9 heteroatoms. The number of hydrogen-bond donors (Lipinski definition) is 1. The Morgan fingerprint density at radius 2 is 2.07 bits per heavy atom. The Labute approximate surface area is 177 Å². The lowest BCUT2D eigenvalue weighted by Gasteiger charge is -2.47. The van der Waals surface area contributed by atoms with E-state index in [0.29, 0.717) is 37.7 Å². The summed E-state index contributed by atoms with van der Waals surface area (Å²) in [6, 6.07) is 5.95. The van der Waals surface area contributed by atoms with Gasteiger partial charge >= 0.3 is 0 Å². The van der Waals surface area contributed by atoms with Gasteiger partial charge in [-0.15, -0.1) is 24.8 Å². The number of carbonyl (C=O) groups excluding carboxylic acids is 2. The standard InChI is InChI=1S/C19H25N5O2.2ClH/c20-8-3-10-24-15-7-11-22(13-14(15)5-6-18(24)25)19(26)16-12-21-17-4-1-2-9-23(16)17;;/h1-2,4,9,12,14-15H,3,5-8,10-11,13,20H2;2*1H/t14-,15+;;/m0../s1. The Bertz CT molecular complexity index is 828. The van der Waals surface area contributed by atoms with Crippen LogP contribution in [-0.4, -0.2) is 63.2 Å². The number of halogens is 2. The molecule has 0 spiro atoms. The second kappa shape index (κ2) is 9.58. The van der Waals surface area contributed by atoms with Gasteiger partial charge in [0.15, 0.2) is 0 Å². The molecule has 2 aromatic rings. The average Bonchev–Trinajstić information content (AvgIpc) is 3.10. The third-order valence-corrected chi connectivity index (χ3v) is 5.67. The fourth-order valence-corrected chi connectivity index (χ4v) is 4.34. The van der Waals surface area contributed by atoms with E-state index in [2.05, 4.69) is 4.98 Å². The smallest absolute Gasteiger partial charge is 0.272 e. The van der Waals surface area contributed by atoms with E-state index in [9.17, 15) is 9.59 Å². The van der Waals surface area contributed by atoms with Gasteiger partial charge < -0.3 is 15.5 Å². The molecule has 0 bridgehead atoms. The summed E-state index contributed by atoms with van der Waals surface area (Å²) < 4.78 is 1.84. The van der Waals surface area contributed by atoms with Gasteiger partial charge in [0.2, 0.25) is 5.91 Å². The van der Waals surface area contributed by atoms with Gasteiger partial charge in [-0.2, -0.15) is 0 Å². The van der Waals surface area contributed by atoms with E-state index >= 15 is 0 Å². The molecule has 2 amide bonds. The fraction of sp³-hybridized carbons (Fsp3) is 0.526. The number of hydrogen-bond acceptors (Lipinski definition) is 4. The van der Waals surface area contributed by atoms with Crippen LogP contribution in [0.2, 0.25) is 0 Å². The Kier molecular flexibility index (Phi) is 7.69. The molecule has 0 aliphatic carbocycles. The van der Waals surface area contributed by atoms with Crippen LogP contribution in [0.15, 0.2) is 30.6 Å². The predicted octanol–water partition coefficient (Wildman–Crippen LogP) is 1.98. The minimum Gasteiger partial charge on any atom is -0.339 e. The van der Waals surface area contributed by atoms with Gasteiger partial charge in [0, 0.05) is 38.3 Å². The molecule has 2 aromatic heterocycles. The minimum atomic E-state index is 0. The number of nitrogens with zero attached hydrogens (tertiary/aromatic N) is 4. The molecular weight excluding hydrogens is 401 g/mol. The highest BCUT2D eigenvalue weighted by Crippen LogP contribution is 2.32. The third kappa shape index (κ3) is 4.11. The van der Waals surface area contributed by atoms with Crippen LogP contribution < -0.4 is 5.73 Å². The monoisotopic (exact) mass is 427 g/mol. The molecule has 2 atom stereocenters. The van der Waals surface area contributed by atoms with E-state index in [1.807, 2.05) is 38.6 Å². The van der Waals surface area contributed by atoms with Crippen LogP contribution in [0, 0.1) is 5.92 Å². The largest absolute Gasteiger partial charge is 0.339 e. The van der Waals surface area contributed by atoms with E-state index in [1.54, 1.807) is 6.20 Å². The molecule has 28 heavy (non-hydrogen) atoms. The molecule has 2 aliphatic heterocycles. The summed E-state index contributed by atoms with van der Waals surface area (Å²) in [6.45, 7) is 2.71. The molecule has 7 nitrogen and oxygen atoms in total. The Hall–Kier alpha value is -1.83. The molecule has 0 saturated carbocycles. The van der Waals surface area contributed by atoms with E-state index in [-0.39, 0.29) is 42.7 Å². The first kappa shape index (κ1) is 22.5.